The topological polar surface area (TPSA) is 144 Å². The summed E-state index contributed by atoms with van der Waals surface area (Å²) in [4.78, 5) is 28.4. The number of carbonyl (C=O) groups excluding carboxylic acids is 1. The van der Waals surface area contributed by atoms with Crippen LogP contribution in [0.1, 0.15) is 25.5 Å². The molecule has 1 unspecified atom stereocenters. The van der Waals surface area contributed by atoms with Crippen LogP contribution in [0.4, 0.5) is 26.5 Å². The van der Waals surface area contributed by atoms with Crippen molar-refractivity contribution in [3.8, 4) is 11.4 Å². The van der Waals surface area contributed by atoms with Crippen molar-refractivity contribution < 1.29 is 22.3 Å². The molecule has 0 spiro atoms. The predicted octanol–water partition coefficient (Wildman–Crippen LogP) is 3.74. The Labute approximate surface area is 241 Å². The minimum Gasteiger partial charge on any atom is -0.377 e. The first-order valence-electron chi connectivity index (χ1n) is 13.4. The number of sulfone groups is 1. The Morgan fingerprint density at radius 2 is 1.88 bits per heavy atom. The third-order valence-electron chi connectivity index (χ3n) is 7.41. The number of amides is 2. The van der Waals surface area contributed by atoms with Gasteiger partial charge in [-0.2, -0.15) is 5.10 Å². The molecule has 6 rings (SSSR count). The van der Waals surface area contributed by atoms with Crippen LogP contribution in [-0.2, 0) is 26.4 Å². The number of aryl methyl sites for hydroxylation is 1. The lowest BCUT2D eigenvalue weighted by atomic mass is 10.2. The fourth-order valence-electron chi connectivity index (χ4n) is 4.99. The molecule has 42 heavy (non-hydrogen) atoms. The van der Waals surface area contributed by atoms with Crippen molar-refractivity contribution in [3.05, 3.63) is 72.6 Å². The van der Waals surface area contributed by atoms with Crippen LogP contribution in [0.3, 0.4) is 0 Å². The number of nitrogens with one attached hydrogen (secondary N) is 2. The van der Waals surface area contributed by atoms with E-state index in [9.17, 15) is 17.6 Å². The molecule has 4 aromatic rings. The van der Waals surface area contributed by atoms with Crippen LogP contribution in [0.5, 0.6) is 0 Å². The molecule has 1 aliphatic carbocycles. The molecule has 4 heterocycles. The van der Waals surface area contributed by atoms with Crippen LogP contribution in [-0.4, -0.2) is 65.0 Å². The second-order valence-corrected chi connectivity index (χ2v) is 12.7. The van der Waals surface area contributed by atoms with Gasteiger partial charge in [-0.15, -0.1) is 0 Å². The molecule has 14 heteroatoms. The van der Waals surface area contributed by atoms with Gasteiger partial charge in [0.1, 0.15) is 22.2 Å². The largest absolute Gasteiger partial charge is 0.377 e. The summed E-state index contributed by atoms with van der Waals surface area (Å²) in [6.07, 6.45) is 5.48. The Kier molecular flexibility index (Phi) is 7.10. The normalized spacial score (nSPS) is 18.0. The number of pyridine rings is 1. The maximum atomic E-state index is 13.8. The molecular weight excluding hydrogens is 563 g/mol. The van der Waals surface area contributed by atoms with E-state index >= 15 is 0 Å². The van der Waals surface area contributed by atoms with Gasteiger partial charge in [0.05, 0.1) is 41.7 Å². The first-order chi connectivity index (χ1) is 20.1. The van der Waals surface area contributed by atoms with E-state index < -0.39 is 26.4 Å². The van der Waals surface area contributed by atoms with Crippen molar-refractivity contribution in [2.75, 3.05) is 35.3 Å². The van der Waals surface area contributed by atoms with Crippen molar-refractivity contribution in [1.82, 2.24) is 24.7 Å². The number of carbonyl (C=O) groups is 1. The number of anilines is 3. The summed E-state index contributed by atoms with van der Waals surface area (Å²) in [7, 11) is -2.13. The summed E-state index contributed by atoms with van der Waals surface area (Å²) in [6, 6.07) is 9.48. The van der Waals surface area contributed by atoms with Crippen molar-refractivity contribution in [2.24, 2.45) is 7.05 Å². The number of benzene rings is 1. The zero-order chi connectivity index (χ0) is 29.5. The van der Waals surface area contributed by atoms with Crippen LogP contribution in [0, 0.1) is 5.82 Å². The number of urea groups is 1. The van der Waals surface area contributed by atoms with Gasteiger partial charge >= 0.3 is 6.03 Å². The van der Waals surface area contributed by atoms with Gasteiger partial charge in [-0.3, -0.25) is 10.00 Å². The Morgan fingerprint density at radius 1 is 1.10 bits per heavy atom. The fraction of sp³-hybridized carbons (Fsp3) is 0.321. The van der Waals surface area contributed by atoms with E-state index in [1.54, 1.807) is 36.1 Å². The number of ether oxygens (including phenoxy) is 1. The molecular formula is C28H29FN8O4S. The van der Waals surface area contributed by atoms with E-state index in [1.165, 1.54) is 24.5 Å². The third-order valence-corrected chi connectivity index (χ3v) is 9.95. The Balaban J connectivity index is 1.33. The molecule has 1 saturated carbocycles. The molecule has 1 aromatic carbocycles. The Bertz CT molecular complexity index is 1720. The van der Waals surface area contributed by atoms with Crippen molar-refractivity contribution >= 4 is 33.2 Å². The first kappa shape index (κ1) is 27.7. The van der Waals surface area contributed by atoms with E-state index in [0.717, 1.165) is 12.1 Å². The molecule has 218 valence electrons. The van der Waals surface area contributed by atoms with Gasteiger partial charge in [0.25, 0.3) is 0 Å². The molecule has 1 aliphatic heterocycles. The molecule has 0 bridgehead atoms. The van der Waals surface area contributed by atoms with Crippen LogP contribution in [0.25, 0.3) is 11.4 Å². The highest BCUT2D eigenvalue weighted by Crippen LogP contribution is 2.55. The molecule has 2 amide bonds. The number of morpholine rings is 1. The van der Waals surface area contributed by atoms with Crippen LogP contribution in [0.2, 0.25) is 0 Å². The van der Waals surface area contributed by atoms with Gasteiger partial charge in [0, 0.05) is 37.6 Å². The second kappa shape index (κ2) is 10.8. The van der Waals surface area contributed by atoms with Crippen molar-refractivity contribution in [3.63, 3.8) is 0 Å². The summed E-state index contributed by atoms with van der Waals surface area (Å²) in [6.45, 7) is 3.63. The molecule has 2 N–H and O–H groups in total. The summed E-state index contributed by atoms with van der Waals surface area (Å²) >= 11 is 0. The molecule has 2 fully saturated rings. The summed E-state index contributed by atoms with van der Waals surface area (Å²) in [5.41, 5.74) is 1.46. The lowest BCUT2D eigenvalue weighted by Gasteiger charge is -2.34. The zero-order valence-electron chi connectivity index (χ0n) is 23.0. The molecule has 1 saturated heterocycles. The van der Waals surface area contributed by atoms with Crippen LogP contribution >= 0.6 is 0 Å². The van der Waals surface area contributed by atoms with Gasteiger partial charge in [0.15, 0.2) is 15.7 Å². The van der Waals surface area contributed by atoms with E-state index in [4.69, 9.17) is 14.7 Å². The minimum atomic E-state index is -3.88. The van der Waals surface area contributed by atoms with Gasteiger partial charge < -0.3 is 15.0 Å². The molecule has 1 atom stereocenters. The SMILES string of the molecule is CC1COCCN1c1cc(C2(S(=O)(=O)c3ccc(F)cc3)CC2)nc(-c2ccc(NC(=O)Nc3cnn(C)c3)nc2)n1. The highest BCUT2D eigenvalue weighted by atomic mass is 32.2. The van der Waals surface area contributed by atoms with Gasteiger partial charge in [0.2, 0.25) is 0 Å². The van der Waals surface area contributed by atoms with Crippen molar-refractivity contribution in [2.45, 2.75) is 35.4 Å². The number of halogens is 1. The van der Waals surface area contributed by atoms with Crippen molar-refractivity contribution in [1.29, 1.82) is 0 Å². The van der Waals surface area contributed by atoms with Gasteiger partial charge in [-0.05, 0) is 56.2 Å². The molecule has 12 nitrogen and oxygen atoms in total. The lowest BCUT2D eigenvalue weighted by molar-refractivity contribution is 0.0985. The average molecular weight is 593 g/mol. The predicted molar refractivity (Wildman–Crippen MR) is 153 cm³/mol. The van der Waals surface area contributed by atoms with E-state index in [1.807, 2.05) is 6.92 Å². The van der Waals surface area contributed by atoms with Gasteiger partial charge in [-0.25, -0.2) is 32.6 Å². The maximum absolute atomic E-state index is 13.8. The molecule has 0 radical (unpaired) electrons. The molecule has 2 aliphatic rings. The summed E-state index contributed by atoms with van der Waals surface area (Å²) < 4.78 is 47.2. The highest BCUT2D eigenvalue weighted by molar-refractivity contribution is 7.92. The maximum Gasteiger partial charge on any atom is 0.324 e. The number of hydrogen-bond donors (Lipinski definition) is 2. The molecule has 3 aromatic heterocycles. The Morgan fingerprint density at radius 3 is 2.52 bits per heavy atom. The average Bonchev–Trinajstić information content (AvgIpc) is 3.71. The zero-order valence-corrected chi connectivity index (χ0v) is 23.8. The fourth-order valence-corrected chi connectivity index (χ4v) is 6.96. The van der Waals surface area contributed by atoms with E-state index in [0.29, 0.717) is 67.0 Å². The standard InChI is InChI=1S/C28H29FN8O4S/c1-18-17-41-12-11-37(18)25-13-23(28(9-10-28)42(39,40)22-6-4-20(29)5-7-22)33-26(35-25)19-3-8-24(30-14-19)34-27(38)32-21-15-31-36(2)16-21/h3-8,13-16,18H,9-12,17H2,1-2H3,(H2,30,32,34,38). The quantitative estimate of drug-likeness (QED) is 0.307. The highest BCUT2D eigenvalue weighted by Gasteiger charge is 2.58. The summed E-state index contributed by atoms with van der Waals surface area (Å²) in [5, 5.41) is 9.36. The monoisotopic (exact) mass is 592 g/mol. The van der Waals surface area contributed by atoms with Gasteiger partial charge in [-0.1, -0.05) is 0 Å². The number of nitrogens with zero attached hydrogens (tertiary/aromatic N) is 6. The second-order valence-electron chi connectivity index (χ2n) is 10.4. The summed E-state index contributed by atoms with van der Waals surface area (Å²) in [5.74, 6) is 0.688. The van der Waals surface area contributed by atoms with E-state index in [2.05, 4.69) is 25.6 Å². The van der Waals surface area contributed by atoms with Crippen LogP contribution < -0.4 is 15.5 Å². The lowest BCUT2D eigenvalue weighted by Crippen LogP contribution is -2.44. The smallest absolute Gasteiger partial charge is 0.324 e. The Hall–Kier alpha value is -4.43. The van der Waals surface area contributed by atoms with Crippen LogP contribution in [0.15, 0.2) is 66.0 Å². The number of rotatable bonds is 7. The third kappa shape index (κ3) is 5.30. The number of aromatic nitrogens is 5. The first-order valence-corrected chi connectivity index (χ1v) is 14.9. The van der Waals surface area contributed by atoms with E-state index in [-0.39, 0.29) is 10.9 Å². The number of hydrogen-bond acceptors (Lipinski definition) is 9. The minimum absolute atomic E-state index is 0.0150.